The summed E-state index contributed by atoms with van der Waals surface area (Å²) >= 11 is 0. The quantitative estimate of drug-likeness (QED) is 0.861. The number of amides is 1. The third-order valence-electron chi connectivity index (χ3n) is 3.16. The summed E-state index contributed by atoms with van der Waals surface area (Å²) in [7, 11) is 0. The summed E-state index contributed by atoms with van der Waals surface area (Å²) in [6.45, 7) is 5.52. The second-order valence-electron chi connectivity index (χ2n) is 5.06. The molecule has 1 heterocycles. The van der Waals surface area contributed by atoms with Crippen molar-refractivity contribution in [1.29, 1.82) is 0 Å². The second kappa shape index (κ2) is 6.93. The van der Waals surface area contributed by atoms with Crippen LogP contribution in [0.1, 0.15) is 24.1 Å². The highest BCUT2D eigenvalue weighted by molar-refractivity contribution is 5.79. The Morgan fingerprint density at radius 3 is 2.68 bits per heavy atom. The third-order valence-corrected chi connectivity index (χ3v) is 3.16. The Bertz CT molecular complexity index is 686. The molecule has 5 heteroatoms. The van der Waals surface area contributed by atoms with Crippen molar-refractivity contribution < 1.29 is 13.6 Å². The summed E-state index contributed by atoms with van der Waals surface area (Å²) in [5.74, 6) is -2.12. The Labute approximate surface area is 127 Å². The number of nitrogens with one attached hydrogen (secondary N) is 1. The number of benzene rings is 1. The van der Waals surface area contributed by atoms with E-state index in [1.54, 1.807) is 31.5 Å². The molecule has 0 fully saturated rings. The van der Waals surface area contributed by atoms with Crippen LogP contribution >= 0.6 is 0 Å². The Hall–Kier alpha value is -2.56. The number of aromatic nitrogens is 1. The first-order valence-electron chi connectivity index (χ1n) is 6.76. The fourth-order valence-corrected chi connectivity index (χ4v) is 2.08. The number of hydrogen-bond donors (Lipinski definition) is 1. The molecule has 2 aromatic rings. The van der Waals surface area contributed by atoms with E-state index in [9.17, 15) is 13.6 Å². The van der Waals surface area contributed by atoms with Gasteiger partial charge in [0.15, 0.2) is 11.6 Å². The van der Waals surface area contributed by atoms with Gasteiger partial charge in [0, 0.05) is 12.4 Å². The molecule has 1 aromatic carbocycles. The van der Waals surface area contributed by atoms with Crippen molar-refractivity contribution in [2.45, 2.75) is 19.4 Å². The molecule has 1 N–H and O–H groups in total. The summed E-state index contributed by atoms with van der Waals surface area (Å²) < 4.78 is 26.4. The van der Waals surface area contributed by atoms with E-state index in [2.05, 4.69) is 16.9 Å². The minimum atomic E-state index is -0.953. The van der Waals surface area contributed by atoms with Gasteiger partial charge in [-0.05, 0) is 36.2 Å². The highest BCUT2D eigenvalue weighted by atomic mass is 19.2. The van der Waals surface area contributed by atoms with Crippen molar-refractivity contribution >= 4 is 5.91 Å². The van der Waals surface area contributed by atoms with Gasteiger partial charge >= 0.3 is 0 Å². The van der Waals surface area contributed by atoms with Gasteiger partial charge < -0.3 is 5.32 Å². The maximum absolute atomic E-state index is 13.4. The Kier molecular flexibility index (Phi) is 4.99. The zero-order valence-corrected chi connectivity index (χ0v) is 12.1. The summed E-state index contributed by atoms with van der Waals surface area (Å²) in [4.78, 5) is 16.0. The molecule has 0 saturated carbocycles. The summed E-state index contributed by atoms with van der Waals surface area (Å²) in [5, 5.41) is 2.77. The van der Waals surface area contributed by atoms with Crippen molar-refractivity contribution in [1.82, 2.24) is 10.3 Å². The van der Waals surface area contributed by atoms with Crippen molar-refractivity contribution in [3.8, 4) is 0 Å². The van der Waals surface area contributed by atoms with Crippen LogP contribution in [0.25, 0.3) is 0 Å². The van der Waals surface area contributed by atoms with Gasteiger partial charge in [0.05, 0.1) is 12.5 Å². The van der Waals surface area contributed by atoms with Crippen molar-refractivity contribution in [3.05, 3.63) is 77.6 Å². The molecule has 0 spiro atoms. The average Bonchev–Trinajstić information content (AvgIpc) is 2.48. The fraction of sp³-hybridized carbons (Fsp3) is 0.176. The van der Waals surface area contributed by atoms with E-state index < -0.39 is 17.7 Å². The number of pyridine rings is 1. The minimum absolute atomic E-state index is 0.154. The molecular formula is C17H16F2N2O. The Balaban J connectivity index is 2.13. The van der Waals surface area contributed by atoms with Crippen molar-refractivity contribution in [2.75, 3.05) is 0 Å². The number of carbonyl (C=O) groups is 1. The molecule has 1 atom stereocenters. The lowest BCUT2D eigenvalue weighted by molar-refractivity contribution is -0.121. The average molecular weight is 302 g/mol. The zero-order valence-electron chi connectivity index (χ0n) is 12.1. The highest BCUT2D eigenvalue weighted by Gasteiger charge is 2.17. The molecule has 0 radical (unpaired) electrons. The molecule has 0 unspecified atom stereocenters. The van der Waals surface area contributed by atoms with Crippen molar-refractivity contribution in [2.24, 2.45) is 0 Å². The largest absolute Gasteiger partial charge is 0.345 e. The van der Waals surface area contributed by atoms with Crippen LogP contribution in [0.4, 0.5) is 8.78 Å². The predicted octanol–water partition coefficient (Wildman–Crippen LogP) is 3.34. The number of halogens is 2. The Morgan fingerprint density at radius 1 is 1.32 bits per heavy atom. The molecule has 22 heavy (non-hydrogen) atoms. The fourth-order valence-electron chi connectivity index (χ4n) is 2.08. The first kappa shape index (κ1) is 15.8. The first-order chi connectivity index (χ1) is 10.5. The van der Waals surface area contributed by atoms with Gasteiger partial charge in [0.1, 0.15) is 0 Å². The lowest BCUT2D eigenvalue weighted by Gasteiger charge is -2.19. The first-order valence-corrected chi connectivity index (χ1v) is 6.76. The minimum Gasteiger partial charge on any atom is -0.345 e. The van der Waals surface area contributed by atoms with Gasteiger partial charge in [0.2, 0.25) is 5.91 Å². The van der Waals surface area contributed by atoms with Gasteiger partial charge in [-0.15, -0.1) is 0 Å². The van der Waals surface area contributed by atoms with Gasteiger partial charge in [-0.25, -0.2) is 8.78 Å². The van der Waals surface area contributed by atoms with E-state index in [1.165, 1.54) is 6.07 Å². The molecular weight excluding hydrogens is 286 g/mol. The molecule has 0 aliphatic carbocycles. The maximum Gasteiger partial charge on any atom is 0.225 e. The number of carbonyl (C=O) groups excluding carboxylic acids is 1. The SMILES string of the molecule is C=C(C)[C@H](NC(=O)Cc1cccnc1)c1ccc(F)c(F)c1. The van der Waals surface area contributed by atoms with Crippen LogP contribution in [-0.4, -0.2) is 10.9 Å². The third kappa shape index (κ3) is 3.97. The van der Waals surface area contributed by atoms with Crippen LogP contribution in [-0.2, 0) is 11.2 Å². The highest BCUT2D eigenvalue weighted by Crippen LogP contribution is 2.22. The molecule has 0 aliphatic heterocycles. The van der Waals surface area contributed by atoms with Crippen LogP contribution < -0.4 is 5.32 Å². The number of rotatable bonds is 5. The molecule has 114 valence electrons. The molecule has 1 amide bonds. The van der Waals surface area contributed by atoms with Gasteiger partial charge in [0.25, 0.3) is 0 Å². The molecule has 0 saturated heterocycles. The molecule has 3 nitrogen and oxygen atoms in total. The zero-order chi connectivity index (χ0) is 16.1. The van der Waals surface area contributed by atoms with E-state index in [1.807, 2.05) is 0 Å². The smallest absolute Gasteiger partial charge is 0.225 e. The molecule has 1 aromatic heterocycles. The van der Waals surface area contributed by atoms with E-state index in [0.29, 0.717) is 11.1 Å². The van der Waals surface area contributed by atoms with Gasteiger partial charge in [-0.1, -0.05) is 24.3 Å². The topological polar surface area (TPSA) is 42.0 Å². The number of hydrogen-bond acceptors (Lipinski definition) is 2. The maximum atomic E-state index is 13.4. The lowest BCUT2D eigenvalue weighted by Crippen LogP contribution is -2.30. The summed E-state index contributed by atoms with van der Waals surface area (Å²) in [6, 6.07) is 6.50. The number of nitrogens with zero attached hydrogens (tertiary/aromatic N) is 1. The van der Waals surface area contributed by atoms with Crippen molar-refractivity contribution in [3.63, 3.8) is 0 Å². The van der Waals surface area contributed by atoms with Gasteiger partial charge in [-0.2, -0.15) is 0 Å². The van der Waals surface area contributed by atoms with E-state index >= 15 is 0 Å². The normalized spacial score (nSPS) is 11.8. The standard InChI is InChI=1S/C17H16F2N2O/c1-11(2)17(13-5-6-14(18)15(19)9-13)21-16(22)8-12-4-3-7-20-10-12/h3-7,9-10,17H,1,8H2,2H3,(H,21,22)/t17-/m0/s1. The van der Waals surface area contributed by atoms with E-state index in [4.69, 9.17) is 0 Å². The van der Waals surface area contributed by atoms with Crippen LogP contribution in [0.2, 0.25) is 0 Å². The summed E-state index contributed by atoms with van der Waals surface area (Å²) in [6.07, 6.45) is 3.38. The molecule has 0 aliphatic rings. The molecule has 2 rings (SSSR count). The second-order valence-corrected chi connectivity index (χ2v) is 5.06. The van der Waals surface area contributed by atoms with Crippen LogP contribution in [0.5, 0.6) is 0 Å². The van der Waals surface area contributed by atoms with E-state index in [-0.39, 0.29) is 12.3 Å². The van der Waals surface area contributed by atoms with Gasteiger partial charge in [-0.3, -0.25) is 9.78 Å². The monoisotopic (exact) mass is 302 g/mol. The summed E-state index contributed by atoms with van der Waals surface area (Å²) in [5.41, 5.74) is 1.85. The van der Waals surface area contributed by atoms with Crippen LogP contribution in [0.3, 0.4) is 0 Å². The van der Waals surface area contributed by atoms with Crippen LogP contribution in [0.15, 0.2) is 54.9 Å². The molecule has 0 bridgehead atoms. The predicted molar refractivity (Wildman–Crippen MR) is 80.0 cm³/mol. The Morgan fingerprint density at radius 2 is 2.09 bits per heavy atom. The van der Waals surface area contributed by atoms with E-state index in [0.717, 1.165) is 17.7 Å². The lowest BCUT2D eigenvalue weighted by atomic mass is 10.00. The van der Waals surface area contributed by atoms with Crippen LogP contribution in [0, 0.1) is 11.6 Å².